The van der Waals surface area contributed by atoms with Crippen LogP contribution in [0.5, 0.6) is 0 Å². The maximum Gasteiger partial charge on any atom is 0.397 e. The van der Waals surface area contributed by atoms with E-state index >= 15 is 0 Å². The van der Waals surface area contributed by atoms with Gasteiger partial charge in [0.1, 0.15) is 6.54 Å². The Kier molecular flexibility index (Phi) is 2.53. The molecule has 8 heavy (non-hydrogen) atoms. The van der Waals surface area contributed by atoms with Crippen molar-refractivity contribution in [2.24, 2.45) is 0 Å². The molecule has 0 atom stereocenters. The molecule has 0 aliphatic heterocycles. The van der Waals surface area contributed by atoms with Crippen LogP contribution in [0.15, 0.2) is 0 Å². The monoisotopic (exact) mass is 121 g/mol. The third-order valence-corrected chi connectivity index (χ3v) is 0.379. The molecule has 0 heterocycles. The molecule has 0 aromatic heterocycles. The van der Waals surface area contributed by atoms with Crippen LogP contribution < -0.4 is 5.32 Å². The van der Waals surface area contributed by atoms with Crippen LogP contribution >= 0.6 is 0 Å². The van der Waals surface area contributed by atoms with Crippen LogP contribution in [0.25, 0.3) is 0 Å². The molecule has 0 bridgehead atoms. The van der Waals surface area contributed by atoms with Gasteiger partial charge in [-0.3, -0.25) is 4.79 Å². The van der Waals surface area contributed by atoms with Gasteiger partial charge < -0.3 is 10.4 Å². The molecule has 0 aromatic carbocycles. The Balaban J connectivity index is 3.18. The number of hydrogen-bond acceptors (Lipinski definition) is 2. The van der Waals surface area contributed by atoms with E-state index in [1.165, 1.54) is 5.32 Å². The third-order valence-electron chi connectivity index (χ3n) is 0.379. The third kappa shape index (κ3) is 4.87. The minimum atomic E-state index is -1.83. The molecule has 0 aliphatic rings. The van der Waals surface area contributed by atoms with Crippen LogP contribution in [0.3, 0.4) is 0 Å². The zero-order valence-corrected chi connectivity index (χ0v) is 3.85. The van der Waals surface area contributed by atoms with Gasteiger partial charge in [-0.15, -0.1) is 4.39 Å². The Morgan fingerprint density at radius 3 is 2.25 bits per heavy atom. The zero-order valence-electron chi connectivity index (χ0n) is 3.85. The lowest BCUT2D eigenvalue weighted by molar-refractivity contribution is -0.135. The lowest BCUT2D eigenvalue weighted by Gasteiger charge is -1.89. The van der Waals surface area contributed by atoms with E-state index in [1.54, 1.807) is 0 Å². The summed E-state index contributed by atoms with van der Waals surface area (Å²) in [5.74, 6) is -1.27. The molecule has 0 aliphatic carbocycles. The first kappa shape index (κ1) is 6.87. The molecule has 46 valence electrons. The average Bonchev–Trinajstić information content (AvgIpc) is 1.61. The van der Waals surface area contributed by atoms with Crippen molar-refractivity contribution in [3.63, 3.8) is 0 Å². The molecular formula is C3H4FNO3. The fourth-order valence-electron chi connectivity index (χ4n) is 0.145. The van der Waals surface area contributed by atoms with Gasteiger partial charge in [-0.05, 0) is 0 Å². The van der Waals surface area contributed by atoms with Crippen molar-refractivity contribution in [1.29, 1.82) is 0 Å². The van der Waals surface area contributed by atoms with E-state index in [-0.39, 0.29) is 0 Å². The number of carboxylic acids is 1. The molecule has 4 nitrogen and oxygen atoms in total. The summed E-state index contributed by atoms with van der Waals surface area (Å²) >= 11 is 0. The van der Waals surface area contributed by atoms with Gasteiger partial charge >= 0.3 is 12.1 Å². The highest BCUT2D eigenvalue weighted by Crippen LogP contribution is 1.67. The Morgan fingerprint density at radius 2 is 2.12 bits per heavy atom. The van der Waals surface area contributed by atoms with Crippen molar-refractivity contribution >= 4 is 12.1 Å². The van der Waals surface area contributed by atoms with E-state index in [9.17, 15) is 14.0 Å². The highest BCUT2D eigenvalue weighted by Gasteiger charge is 1.98. The van der Waals surface area contributed by atoms with Crippen molar-refractivity contribution in [3.05, 3.63) is 0 Å². The second-order valence-corrected chi connectivity index (χ2v) is 1.02. The van der Waals surface area contributed by atoms with Crippen molar-refractivity contribution < 1.29 is 19.1 Å². The average molecular weight is 121 g/mol. The Bertz CT molecular complexity index is 99.1. The van der Waals surface area contributed by atoms with Crippen LogP contribution in [0.1, 0.15) is 0 Å². The second-order valence-electron chi connectivity index (χ2n) is 1.02. The zero-order chi connectivity index (χ0) is 6.57. The first-order valence-corrected chi connectivity index (χ1v) is 1.78. The fraction of sp³-hybridized carbons (Fsp3) is 0.333. The van der Waals surface area contributed by atoms with Crippen LogP contribution in [0.2, 0.25) is 0 Å². The van der Waals surface area contributed by atoms with E-state index < -0.39 is 18.7 Å². The summed E-state index contributed by atoms with van der Waals surface area (Å²) in [5, 5.41) is 9.22. The molecule has 0 radical (unpaired) electrons. The molecule has 5 heteroatoms. The smallest absolute Gasteiger partial charge is 0.397 e. The SMILES string of the molecule is O=C(O)CNC(=O)F. The summed E-state index contributed by atoms with van der Waals surface area (Å²) < 4.78 is 11.0. The number of carbonyl (C=O) groups excluding carboxylic acids is 1. The fourth-order valence-corrected chi connectivity index (χ4v) is 0.145. The quantitative estimate of drug-likeness (QED) is 0.391. The predicted molar refractivity (Wildman–Crippen MR) is 22.1 cm³/mol. The number of hydrogen-bond donors (Lipinski definition) is 2. The van der Waals surface area contributed by atoms with Crippen LogP contribution in [0.4, 0.5) is 9.18 Å². The number of amides is 1. The van der Waals surface area contributed by atoms with Gasteiger partial charge in [0.15, 0.2) is 0 Å². The first-order valence-electron chi connectivity index (χ1n) is 1.78. The first-order chi connectivity index (χ1) is 3.63. The highest BCUT2D eigenvalue weighted by molar-refractivity contribution is 5.75. The lowest BCUT2D eigenvalue weighted by atomic mass is 10.7. The number of nitrogens with one attached hydrogen (secondary N) is 1. The van der Waals surface area contributed by atoms with Gasteiger partial charge in [0.25, 0.3) is 0 Å². The molecule has 0 rings (SSSR count). The summed E-state index contributed by atoms with van der Waals surface area (Å²) in [6.07, 6.45) is -1.83. The maximum absolute atomic E-state index is 11.0. The number of aliphatic carboxylic acids is 1. The van der Waals surface area contributed by atoms with Gasteiger partial charge in [0.2, 0.25) is 0 Å². The molecule has 0 unspecified atom stereocenters. The van der Waals surface area contributed by atoms with Crippen LogP contribution in [0, 0.1) is 0 Å². The van der Waals surface area contributed by atoms with E-state index in [0.29, 0.717) is 0 Å². The van der Waals surface area contributed by atoms with Gasteiger partial charge in [-0.25, -0.2) is 4.79 Å². The van der Waals surface area contributed by atoms with Crippen LogP contribution in [-0.4, -0.2) is 23.8 Å². The Hall–Kier alpha value is -1.13. The van der Waals surface area contributed by atoms with Crippen molar-refractivity contribution in [2.75, 3.05) is 6.54 Å². The van der Waals surface area contributed by atoms with E-state index in [4.69, 9.17) is 5.11 Å². The Labute approximate surface area is 44.3 Å². The summed E-state index contributed by atoms with van der Waals surface area (Å²) in [4.78, 5) is 18.8. The number of halogens is 1. The predicted octanol–water partition coefficient (Wildman–Crippen LogP) is -0.250. The number of carbonyl (C=O) groups is 2. The topological polar surface area (TPSA) is 66.4 Å². The summed E-state index contributed by atoms with van der Waals surface area (Å²) in [6, 6.07) is 0. The minimum absolute atomic E-state index is 0.671. The number of carboxylic acid groups (broad SMARTS) is 1. The summed E-state index contributed by atoms with van der Waals surface area (Å²) in [6.45, 7) is -0.671. The van der Waals surface area contributed by atoms with E-state index in [1.807, 2.05) is 0 Å². The van der Waals surface area contributed by atoms with E-state index in [2.05, 4.69) is 0 Å². The molecule has 0 saturated carbocycles. The largest absolute Gasteiger partial charge is 0.480 e. The highest BCUT2D eigenvalue weighted by atomic mass is 19.1. The van der Waals surface area contributed by atoms with Gasteiger partial charge in [-0.1, -0.05) is 0 Å². The van der Waals surface area contributed by atoms with Crippen molar-refractivity contribution in [2.45, 2.75) is 0 Å². The second kappa shape index (κ2) is 2.95. The van der Waals surface area contributed by atoms with Gasteiger partial charge in [0.05, 0.1) is 0 Å². The molecule has 0 spiro atoms. The summed E-state index contributed by atoms with van der Waals surface area (Å²) in [5.41, 5.74) is 0. The standard InChI is InChI=1S/C3H4FNO3/c4-3(8)5-1-2(6)7/h1H2,(H,5,8)(H,6,7). The van der Waals surface area contributed by atoms with Crippen molar-refractivity contribution in [1.82, 2.24) is 5.32 Å². The summed E-state index contributed by atoms with van der Waals surface area (Å²) in [7, 11) is 0. The lowest BCUT2D eigenvalue weighted by Crippen LogP contribution is -2.24. The Morgan fingerprint density at radius 1 is 1.62 bits per heavy atom. The van der Waals surface area contributed by atoms with Gasteiger partial charge in [0, 0.05) is 0 Å². The molecule has 0 aromatic rings. The molecule has 2 N–H and O–H groups in total. The molecular weight excluding hydrogens is 117 g/mol. The normalized spacial score (nSPS) is 8.12. The number of rotatable bonds is 2. The molecule has 1 amide bonds. The van der Waals surface area contributed by atoms with Crippen LogP contribution in [-0.2, 0) is 4.79 Å². The van der Waals surface area contributed by atoms with E-state index in [0.717, 1.165) is 0 Å². The maximum atomic E-state index is 11.0. The molecule has 0 fully saturated rings. The molecule has 0 saturated heterocycles. The van der Waals surface area contributed by atoms with Gasteiger partial charge in [-0.2, -0.15) is 0 Å². The van der Waals surface area contributed by atoms with Crippen molar-refractivity contribution in [3.8, 4) is 0 Å². The minimum Gasteiger partial charge on any atom is -0.480 e.